The first-order chi connectivity index (χ1) is 9.96. The van der Waals surface area contributed by atoms with Crippen molar-refractivity contribution in [1.82, 2.24) is 5.32 Å². The predicted molar refractivity (Wildman–Crippen MR) is 89.1 cm³/mol. The molecular weight excluding hydrogens is 262 g/mol. The van der Waals surface area contributed by atoms with E-state index in [4.69, 9.17) is 9.47 Å². The minimum Gasteiger partial charge on any atom is -0.490 e. The number of hydrogen-bond donors (Lipinski definition) is 1. The fourth-order valence-electron chi connectivity index (χ4n) is 1.83. The van der Waals surface area contributed by atoms with Gasteiger partial charge in [0.15, 0.2) is 11.5 Å². The first kappa shape index (κ1) is 17.6. The van der Waals surface area contributed by atoms with Crippen LogP contribution in [0.5, 0.6) is 11.5 Å². The van der Waals surface area contributed by atoms with Crippen LogP contribution in [0.25, 0.3) is 0 Å². The van der Waals surface area contributed by atoms with Crippen LogP contribution in [-0.4, -0.2) is 18.8 Å². The lowest BCUT2D eigenvalue weighted by Crippen LogP contribution is -2.35. The second kappa shape index (κ2) is 8.73. The molecule has 3 nitrogen and oxygen atoms in total. The maximum absolute atomic E-state index is 5.80. The molecule has 118 valence electrons. The van der Waals surface area contributed by atoms with Gasteiger partial charge in [-0.25, -0.2) is 0 Å². The minimum absolute atomic E-state index is 0.103. The smallest absolute Gasteiger partial charge is 0.161 e. The van der Waals surface area contributed by atoms with E-state index in [9.17, 15) is 0 Å². The zero-order valence-corrected chi connectivity index (χ0v) is 13.9. The van der Waals surface area contributed by atoms with Crippen molar-refractivity contribution >= 4 is 0 Å². The van der Waals surface area contributed by atoms with Crippen molar-refractivity contribution in [2.45, 2.75) is 52.6 Å². The van der Waals surface area contributed by atoms with Crippen LogP contribution in [0.4, 0.5) is 0 Å². The van der Waals surface area contributed by atoms with Gasteiger partial charge in [0.2, 0.25) is 0 Å². The van der Waals surface area contributed by atoms with Gasteiger partial charge in [-0.1, -0.05) is 12.1 Å². The van der Waals surface area contributed by atoms with Gasteiger partial charge in [0, 0.05) is 12.1 Å². The average Bonchev–Trinajstić information content (AvgIpc) is 2.42. The first-order valence-corrected chi connectivity index (χ1v) is 7.70. The number of rotatable bonds is 9. The molecule has 0 aliphatic rings. The molecule has 0 fully saturated rings. The standard InChI is InChI=1S/C18H29NO2/c1-6-8-9-12-21-16-11-10-15(13-17(16)20-7-2)14-19-18(3,4)5/h6,10-11,13,19H,1,7-9,12,14H2,2-5H3. The Morgan fingerprint density at radius 2 is 1.95 bits per heavy atom. The molecule has 0 radical (unpaired) electrons. The molecule has 3 heteroatoms. The molecule has 1 aromatic carbocycles. The van der Waals surface area contributed by atoms with E-state index in [2.05, 4.69) is 44.8 Å². The maximum Gasteiger partial charge on any atom is 0.161 e. The monoisotopic (exact) mass is 291 g/mol. The summed E-state index contributed by atoms with van der Waals surface area (Å²) >= 11 is 0. The van der Waals surface area contributed by atoms with Crippen molar-refractivity contribution in [3.63, 3.8) is 0 Å². The highest BCUT2D eigenvalue weighted by atomic mass is 16.5. The van der Waals surface area contributed by atoms with Crippen LogP contribution in [0, 0.1) is 0 Å². The zero-order valence-electron chi connectivity index (χ0n) is 13.9. The van der Waals surface area contributed by atoms with Crippen LogP contribution in [-0.2, 0) is 6.54 Å². The van der Waals surface area contributed by atoms with E-state index in [0.717, 1.165) is 30.9 Å². The predicted octanol–water partition coefficient (Wildman–Crippen LogP) is 4.32. The summed E-state index contributed by atoms with van der Waals surface area (Å²) in [6.07, 6.45) is 3.86. The van der Waals surface area contributed by atoms with Crippen LogP contribution in [0.1, 0.15) is 46.1 Å². The Bertz CT molecular complexity index is 435. The van der Waals surface area contributed by atoms with Gasteiger partial charge in [0.1, 0.15) is 0 Å². The van der Waals surface area contributed by atoms with Crippen LogP contribution >= 0.6 is 0 Å². The third-order valence-electron chi connectivity index (χ3n) is 2.94. The van der Waals surface area contributed by atoms with Crippen LogP contribution in [0.3, 0.4) is 0 Å². The minimum atomic E-state index is 0.103. The maximum atomic E-state index is 5.80. The van der Waals surface area contributed by atoms with Gasteiger partial charge in [0.05, 0.1) is 13.2 Å². The van der Waals surface area contributed by atoms with Crippen molar-refractivity contribution in [1.29, 1.82) is 0 Å². The summed E-state index contributed by atoms with van der Waals surface area (Å²) in [7, 11) is 0. The highest BCUT2D eigenvalue weighted by Gasteiger charge is 2.10. The highest BCUT2D eigenvalue weighted by molar-refractivity contribution is 5.43. The van der Waals surface area contributed by atoms with Crippen molar-refractivity contribution in [2.75, 3.05) is 13.2 Å². The van der Waals surface area contributed by atoms with E-state index in [1.165, 1.54) is 5.56 Å². The average molecular weight is 291 g/mol. The van der Waals surface area contributed by atoms with Crippen molar-refractivity contribution in [3.05, 3.63) is 36.4 Å². The number of ether oxygens (including phenoxy) is 2. The van der Waals surface area contributed by atoms with Gasteiger partial charge in [-0.15, -0.1) is 6.58 Å². The second-order valence-electron chi connectivity index (χ2n) is 6.10. The summed E-state index contributed by atoms with van der Waals surface area (Å²) in [4.78, 5) is 0. The molecule has 0 spiro atoms. The Labute approximate surface area is 129 Å². The van der Waals surface area contributed by atoms with Gasteiger partial charge < -0.3 is 14.8 Å². The Kier molecular flexibility index (Phi) is 7.30. The molecule has 0 saturated carbocycles. The summed E-state index contributed by atoms with van der Waals surface area (Å²) in [5.74, 6) is 1.64. The molecule has 0 heterocycles. The molecule has 0 bridgehead atoms. The third kappa shape index (κ3) is 7.19. The van der Waals surface area contributed by atoms with E-state index >= 15 is 0 Å². The lowest BCUT2D eigenvalue weighted by Gasteiger charge is -2.21. The Morgan fingerprint density at radius 1 is 1.19 bits per heavy atom. The van der Waals surface area contributed by atoms with Gasteiger partial charge in [-0.2, -0.15) is 0 Å². The molecule has 0 unspecified atom stereocenters. The lowest BCUT2D eigenvalue weighted by atomic mass is 10.1. The Morgan fingerprint density at radius 3 is 2.57 bits per heavy atom. The molecule has 0 aliphatic carbocycles. The summed E-state index contributed by atoms with van der Waals surface area (Å²) in [5.41, 5.74) is 1.30. The molecule has 1 N–H and O–H groups in total. The van der Waals surface area contributed by atoms with E-state index < -0.39 is 0 Å². The fourth-order valence-corrected chi connectivity index (χ4v) is 1.83. The molecule has 1 rings (SSSR count). The second-order valence-corrected chi connectivity index (χ2v) is 6.10. The highest BCUT2D eigenvalue weighted by Crippen LogP contribution is 2.29. The van der Waals surface area contributed by atoms with Crippen LogP contribution in [0.2, 0.25) is 0 Å². The van der Waals surface area contributed by atoms with Crippen LogP contribution in [0.15, 0.2) is 30.9 Å². The van der Waals surface area contributed by atoms with Gasteiger partial charge in [-0.05, 0) is 58.2 Å². The van der Waals surface area contributed by atoms with E-state index in [-0.39, 0.29) is 5.54 Å². The summed E-state index contributed by atoms with van der Waals surface area (Å²) in [6, 6.07) is 6.15. The molecular formula is C18H29NO2. The fraction of sp³-hybridized carbons (Fsp3) is 0.556. The van der Waals surface area contributed by atoms with E-state index in [1.54, 1.807) is 0 Å². The molecule has 0 atom stereocenters. The topological polar surface area (TPSA) is 30.5 Å². The van der Waals surface area contributed by atoms with Crippen molar-refractivity contribution in [2.24, 2.45) is 0 Å². The first-order valence-electron chi connectivity index (χ1n) is 7.70. The summed E-state index contributed by atoms with van der Waals surface area (Å²) in [5, 5.41) is 3.48. The van der Waals surface area contributed by atoms with Crippen molar-refractivity contribution in [3.8, 4) is 11.5 Å². The third-order valence-corrected chi connectivity index (χ3v) is 2.94. The normalized spacial score (nSPS) is 11.2. The van der Waals surface area contributed by atoms with Gasteiger partial charge >= 0.3 is 0 Å². The number of allylic oxidation sites excluding steroid dienone is 1. The molecule has 0 aromatic heterocycles. The number of unbranched alkanes of at least 4 members (excludes halogenated alkanes) is 1. The molecule has 21 heavy (non-hydrogen) atoms. The quantitative estimate of drug-likeness (QED) is 0.543. The zero-order chi connectivity index (χ0) is 15.7. The largest absolute Gasteiger partial charge is 0.490 e. The Hall–Kier alpha value is -1.48. The van der Waals surface area contributed by atoms with E-state index in [0.29, 0.717) is 13.2 Å². The number of benzene rings is 1. The number of hydrogen-bond acceptors (Lipinski definition) is 3. The number of nitrogens with one attached hydrogen (secondary N) is 1. The Balaban J connectivity index is 2.69. The molecule has 1 aromatic rings. The molecule has 0 saturated heterocycles. The summed E-state index contributed by atoms with van der Waals surface area (Å²) < 4.78 is 11.5. The van der Waals surface area contributed by atoms with E-state index in [1.807, 2.05) is 19.1 Å². The molecule has 0 aliphatic heterocycles. The molecule has 0 amide bonds. The SMILES string of the molecule is C=CCCCOc1ccc(CNC(C)(C)C)cc1OCC. The van der Waals surface area contributed by atoms with Crippen LogP contribution < -0.4 is 14.8 Å². The lowest BCUT2D eigenvalue weighted by molar-refractivity contribution is 0.274. The van der Waals surface area contributed by atoms with Crippen molar-refractivity contribution < 1.29 is 9.47 Å². The van der Waals surface area contributed by atoms with Gasteiger partial charge in [0.25, 0.3) is 0 Å². The van der Waals surface area contributed by atoms with Gasteiger partial charge in [-0.3, -0.25) is 0 Å². The summed E-state index contributed by atoms with van der Waals surface area (Å²) in [6.45, 7) is 14.3.